The van der Waals surface area contributed by atoms with Crippen molar-refractivity contribution < 1.29 is 12.8 Å². The summed E-state index contributed by atoms with van der Waals surface area (Å²) in [4.78, 5) is 3.91. The molecule has 0 unspecified atom stereocenters. The molecule has 2 aromatic rings. The number of benzene rings is 1. The Kier molecular flexibility index (Phi) is 2.95. The number of aromatic nitrogens is 1. The van der Waals surface area contributed by atoms with Crippen LogP contribution in [0.15, 0.2) is 46.0 Å². The zero-order valence-corrected chi connectivity index (χ0v) is 9.49. The first-order valence-corrected chi connectivity index (χ1v) is 6.12. The number of halogens is 1. The lowest BCUT2D eigenvalue weighted by atomic mass is 10.2. The molecule has 0 atom stereocenters. The minimum atomic E-state index is -3.74. The first kappa shape index (κ1) is 11.1. The summed E-state index contributed by atoms with van der Waals surface area (Å²) in [6, 6.07) is 6.29. The summed E-state index contributed by atoms with van der Waals surface area (Å²) in [7, 11) is -3.74. The first-order chi connectivity index (χ1) is 7.65. The van der Waals surface area contributed by atoms with E-state index in [-0.39, 0.29) is 10.8 Å². The van der Waals surface area contributed by atoms with Crippen LogP contribution in [0.4, 0.5) is 0 Å². The Morgan fingerprint density at radius 3 is 2.69 bits per heavy atom. The molecule has 7 heteroatoms. The third-order valence-electron chi connectivity index (χ3n) is 1.94. The lowest BCUT2D eigenvalue weighted by Crippen LogP contribution is -2.14. The zero-order chi connectivity index (χ0) is 11.6. The molecule has 0 aliphatic rings. The van der Waals surface area contributed by atoms with Crippen LogP contribution < -0.4 is 4.24 Å². The van der Waals surface area contributed by atoms with Gasteiger partial charge in [-0.05, 0) is 23.9 Å². The Morgan fingerprint density at radius 1 is 1.31 bits per heavy atom. The normalized spacial score (nSPS) is 11.6. The number of nitrogens with one attached hydrogen (secondary N) is 1. The molecule has 0 radical (unpaired) electrons. The summed E-state index contributed by atoms with van der Waals surface area (Å²) >= 11 is 5.17. The van der Waals surface area contributed by atoms with Gasteiger partial charge >= 0.3 is 0 Å². The molecule has 0 aliphatic carbocycles. The van der Waals surface area contributed by atoms with Gasteiger partial charge in [0, 0.05) is 0 Å². The molecular weight excluding hydrogens is 252 g/mol. The fraction of sp³-hybridized carbons (Fsp3) is 0. The van der Waals surface area contributed by atoms with E-state index in [0.717, 1.165) is 0 Å². The van der Waals surface area contributed by atoms with Crippen molar-refractivity contribution in [2.75, 3.05) is 0 Å². The molecule has 5 nitrogen and oxygen atoms in total. The van der Waals surface area contributed by atoms with Crippen LogP contribution in [0.2, 0.25) is 0 Å². The molecule has 1 aromatic heterocycles. The number of rotatable bonds is 3. The molecule has 0 aliphatic heterocycles. The summed E-state index contributed by atoms with van der Waals surface area (Å²) in [6.45, 7) is 0. The van der Waals surface area contributed by atoms with Gasteiger partial charge in [0.05, 0.1) is 16.7 Å². The van der Waals surface area contributed by atoms with Gasteiger partial charge in [-0.15, -0.1) is 4.24 Å². The van der Waals surface area contributed by atoms with Crippen LogP contribution in [0.1, 0.15) is 0 Å². The van der Waals surface area contributed by atoms with Crippen molar-refractivity contribution >= 4 is 21.8 Å². The molecule has 0 saturated carbocycles. The van der Waals surface area contributed by atoms with Crippen LogP contribution in [-0.4, -0.2) is 13.4 Å². The molecule has 0 saturated heterocycles. The van der Waals surface area contributed by atoms with Crippen molar-refractivity contribution in [1.82, 2.24) is 9.23 Å². The summed E-state index contributed by atoms with van der Waals surface area (Å²) < 4.78 is 30.0. The third kappa shape index (κ3) is 1.95. The van der Waals surface area contributed by atoms with Gasteiger partial charge in [0.15, 0.2) is 0 Å². The van der Waals surface area contributed by atoms with Crippen molar-refractivity contribution in [2.45, 2.75) is 4.90 Å². The van der Waals surface area contributed by atoms with Gasteiger partial charge in [-0.2, -0.15) is 0 Å². The van der Waals surface area contributed by atoms with Crippen molar-refractivity contribution in [2.24, 2.45) is 0 Å². The summed E-state index contributed by atoms with van der Waals surface area (Å²) in [5.41, 5.74) is 0.362. The van der Waals surface area contributed by atoms with E-state index in [1.807, 2.05) is 0 Å². The van der Waals surface area contributed by atoms with Crippen LogP contribution in [-0.2, 0) is 10.0 Å². The molecule has 0 bridgehead atoms. The number of hydrogen-bond donors (Lipinski definition) is 1. The van der Waals surface area contributed by atoms with Gasteiger partial charge in [0.2, 0.25) is 5.89 Å². The molecule has 1 aromatic carbocycles. The molecule has 0 fully saturated rings. The van der Waals surface area contributed by atoms with E-state index < -0.39 is 10.0 Å². The quantitative estimate of drug-likeness (QED) is 0.852. The molecule has 1 N–H and O–H groups in total. The van der Waals surface area contributed by atoms with Crippen LogP contribution in [0.5, 0.6) is 0 Å². The average molecular weight is 259 g/mol. The van der Waals surface area contributed by atoms with E-state index in [9.17, 15) is 8.42 Å². The van der Waals surface area contributed by atoms with Crippen molar-refractivity contribution in [1.29, 1.82) is 0 Å². The van der Waals surface area contributed by atoms with Crippen LogP contribution in [0.3, 0.4) is 0 Å². The monoisotopic (exact) mass is 258 g/mol. The van der Waals surface area contributed by atoms with E-state index in [1.165, 1.54) is 18.5 Å². The minimum Gasteiger partial charge on any atom is -0.444 e. The predicted molar refractivity (Wildman–Crippen MR) is 58.1 cm³/mol. The standard InChI is InChI=1S/C9H7ClN2O3S/c10-12-16(13,14)8-4-2-1-3-7(8)9-11-5-6-15-9/h1-6,12H. The predicted octanol–water partition coefficient (Wildman–Crippen LogP) is 1.77. The van der Waals surface area contributed by atoms with Gasteiger partial charge in [0.1, 0.15) is 6.26 Å². The van der Waals surface area contributed by atoms with Crippen molar-refractivity contribution in [3.05, 3.63) is 36.7 Å². The highest BCUT2D eigenvalue weighted by Crippen LogP contribution is 2.25. The van der Waals surface area contributed by atoms with E-state index in [2.05, 4.69) is 4.98 Å². The maximum Gasteiger partial charge on any atom is 0.254 e. The van der Waals surface area contributed by atoms with Crippen molar-refractivity contribution in [3.63, 3.8) is 0 Å². The van der Waals surface area contributed by atoms with Gasteiger partial charge in [-0.3, -0.25) is 0 Å². The van der Waals surface area contributed by atoms with E-state index in [0.29, 0.717) is 5.56 Å². The third-order valence-corrected chi connectivity index (χ3v) is 3.69. The Morgan fingerprint density at radius 2 is 2.06 bits per heavy atom. The second-order valence-corrected chi connectivity index (χ2v) is 4.98. The largest absolute Gasteiger partial charge is 0.444 e. The van der Waals surface area contributed by atoms with Crippen LogP contribution in [0, 0.1) is 0 Å². The molecular formula is C9H7ClN2O3S. The maximum absolute atomic E-state index is 11.6. The topological polar surface area (TPSA) is 72.2 Å². The number of hydrogen-bond acceptors (Lipinski definition) is 4. The van der Waals surface area contributed by atoms with Crippen molar-refractivity contribution in [3.8, 4) is 11.5 Å². The Labute approximate surface area is 97.2 Å². The van der Waals surface area contributed by atoms with Gasteiger partial charge in [-0.1, -0.05) is 12.1 Å². The number of oxazole rings is 1. The van der Waals surface area contributed by atoms with Gasteiger partial charge in [0.25, 0.3) is 10.0 Å². The fourth-order valence-electron chi connectivity index (χ4n) is 1.28. The average Bonchev–Trinajstić information content (AvgIpc) is 2.82. The number of nitrogens with zero attached hydrogens (tertiary/aromatic N) is 1. The molecule has 2 rings (SSSR count). The van der Waals surface area contributed by atoms with E-state index in [4.69, 9.17) is 16.2 Å². The Hall–Kier alpha value is -1.37. The summed E-state index contributed by atoms with van der Waals surface area (Å²) in [5.74, 6) is 0.228. The molecule has 0 amide bonds. The highest BCUT2D eigenvalue weighted by Gasteiger charge is 2.19. The highest BCUT2D eigenvalue weighted by molar-refractivity contribution is 7.90. The summed E-state index contributed by atoms with van der Waals surface area (Å²) in [6.07, 6.45) is 2.81. The molecule has 16 heavy (non-hydrogen) atoms. The van der Waals surface area contributed by atoms with E-state index in [1.54, 1.807) is 22.4 Å². The molecule has 84 valence electrons. The summed E-state index contributed by atoms with van der Waals surface area (Å²) in [5, 5.41) is 0. The van der Waals surface area contributed by atoms with E-state index >= 15 is 0 Å². The highest BCUT2D eigenvalue weighted by atomic mass is 35.5. The lowest BCUT2D eigenvalue weighted by molar-refractivity contribution is 0.570. The smallest absolute Gasteiger partial charge is 0.254 e. The Balaban J connectivity index is 2.65. The van der Waals surface area contributed by atoms with Gasteiger partial charge in [-0.25, -0.2) is 13.4 Å². The number of sulfonamides is 1. The minimum absolute atomic E-state index is 0.0208. The molecule has 0 spiro atoms. The SMILES string of the molecule is O=S(=O)(NCl)c1ccccc1-c1ncco1. The van der Waals surface area contributed by atoms with Crippen LogP contribution >= 0.6 is 11.8 Å². The van der Waals surface area contributed by atoms with Gasteiger partial charge < -0.3 is 4.42 Å². The zero-order valence-electron chi connectivity index (χ0n) is 7.92. The second-order valence-electron chi connectivity index (χ2n) is 2.91. The fourth-order valence-corrected chi connectivity index (χ4v) is 2.31. The second kappa shape index (κ2) is 4.25. The maximum atomic E-state index is 11.6. The first-order valence-electron chi connectivity index (χ1n) is 4.26. The molecule has 1 heterocycles. The Bertz CT molecular complexity index is 581. The lowest BCUT2D eigenvalue weighted by Gasteiger charge is -2.05. The van der Waals surface area contributed by atoms with Crippen LogP contribution in [0.25, 0.3) is 11.5 Å².